The lowest BCUT2D eigenvalue weighted by Gasteiger charge is -2.47. The first-order valence-corrected chi connectivity index (χ1v) is 16.0. The molecule has 2 aliphatic rings. The first-order valence-electron chi connectivity index (χ1n) is 16.0. The van der Waals surface area contributed by atoms with Gasteiger partial charge in [0.25, 0.3) is 5.91 Å². The quantitative estimate of drug-likeness (QED) is 0.150. The van der Waals surface area contributed by atoms with Crippen molar-refractivity contribution in [1.82, 2.24) is 25.2 Å². The molecule has 274 valence electrons. The number of carbonyl (C=O) groups excluding carboxylic acids is 1. The number of rotatable bonds is 11. The number of methoxy groups -OCH3 is 2. The van der Waals surface area contributed by atoms with Gasteiger partial charge in [-0.3, -0.25) is 15.1 Å². The lowest BCUT2D eigenvalue weighted by molar-refractivity contribution is -0.267. The number of nitrogens with one attached hydrogen (secondary N) is 2. The van der Waals surface area contributed by atoms with E-state index < -0.39 is 46.7 Å². The summed E-state index contributed by atoms with van der Waals surface area (Å²) in [5, 5.41) is 0.901. The lowest BCUT2D eigenvalue weighted by atomic mass is 9.99. The van der Waals surface area contributed by atoms with Crippen LogP contribution < -0.4 is 5.48 Å². The second kappa shape index (κ2) is 15.2. The van der Waals surface area contributed by atoms with E-state index in [4.69, 9.17) is 19.0 Å². The predicted molar refractivity (Wildman–Crippen MR) is 171 cm³/mol. The van der Waals surface area contributed by atoms with Gasteiger partial charge in [0, 0.05) is 69.3 Å². The van der Waals surface area contributed by atoms with Crippen LogP contribution >= 0.6 is 0 Å². The maximum absolute atomic E-state index is 13.8. The molecule has 5 rings (SSSR count). The number of morpholine rings is 1. The van der Waals surface area contributed by atoms with Crippen molar-refractivity contribution < 1.29 is 50.2 Å². The van der Waals surface area contributed by atoms with E-state index in [1.54, 1.807) is 27.3 Å². The van der Waals surface area contributed by atoms with Gasteiger partial charge in [-0.15, -0.1) is 0 Å². The van der Waals surface area contributed by atoms with E-state index in [0.717, 1.165) is 16.5 Å². The first kappa shape index (κ1) is 37.4. The second-order valence-electron chi connectivity index (χ2n) is 12.5. The zero-order valence-electron chi connectivity index (χ0n) is 28.2. The maximum atomic E-state index is 13.8. The van der Waals surface area contributed by atoms with Crippen molar-refractivity contribution in [2.45, 2.75) is 50.6 Å². The van der Waals surface area contributed by atoms with Gasteiger partial charge in [-0.05, 0) is 50.1 Å². The zero-order valence-corrected chi connectivity index (χ0v) is 28.2. The normalized spacial score (nSPS) is 22.7. The van der Waals surface area contributed by atoms with Gasteiger partial charge >= 0.3 is 12.4 Å². The minimum absolute atomic E-state index is 0.0217. The van der Waals surface area contributed by atoms with Gasteiger partial charge in [0.15, 0.2) is 0 Å². The summed E-state index contributed by atoms with van der Waals surface area (Å²) in [4.78, 5) is 28.0. The molecule has 2 aliphatic heterocycles. The minimum atomic E-state index is -5.08. The molecule has 0 spiro atoms. The van der Waals surface area contributed by atoms with Crippen LogP contribution in [0.15, 0.2) is 60.6 Å². The number of aromatic nitrogens is 1. The Balaban J connectivity index is 1.32. The fraction of sp³-hybridized carbons (Fsp3) is 0.500. The summed E-state index contributed by atoms with van der Waals surface area (Å²) in [7, 11) is 3.19. The summed E-state index contributed by atoms with van der Waals surface area (Å²) in [6.07, 6.45) is -6.57. The monoisotopic (exact) mass is 713 g/mol. The van der Waals surface area contributed by atoms with Gasteiger partial charge in [0.2, 0.25) is 0 Å². The van der Waals surface area contributed by atoms with Crippen molar-refractivity contribution >= 4 is 16.8 Å². The van der Waals surface area contributed by atoms with Crippen LogP contribution in [0.4, 0.5) is 26.3 Å². The highest BCUT2D eigenvalue weighted by Crippen LogP contribution is 2.37. The molecule has 0 bridgehead atoms. The summed E-state index contributed by atoms with van der Waals surface area (Å²) >= 11 is 0. The Morgan fingerprint density at radius 2 is 1.78 bits per heavy atom. The Kier molecular flexibility index (Phi) is 11.4. The van der Waals surface area contributed by atoms with E-state index in [0.29, 0.717) is 44.0 Å². The fourth-order valence-corrected chi connectivity index (χ4v) is 6.42. The Hall–Kier alpha value is -3.83. The number of nitrogens with zero attached hydrogens (tertiary/aromatic N) is 3. The molecular formula is C34H41F6N5O5. The lowest BCUT2D eigenvalue weighted by Crippen LogP contribution is -2.62. The first-order chi connectivity index (χ1) is 23.6. The molecule has 0 radical (unpaired) electrons. The Bertz CT molecular complexity index is 1630. The molecule has 0 saturated carbocycles. The summed E-state index contributed by atoms with van der Waals surface area (Å²) in [6, 6.07) is 7.91. The van der Waals surface area contributed by atoms with Gasteiger partial charge < -0.3 is 29.0 Å². The van der Waals surface area contributed by atoms with E-state index >= 15 is 0 Å². The maximum Gasteiger partial charge on any atom is 0.416 e. The summed E-state index contributed by atoms with van der Waals surface area (Å²) in [5.74, 6) is -0.909. The van der Waals surface area contributed by atoms with Crippen molar-refractivity contribution in [3.05, 3.63) is 82.8 Å². The smallest absolute Gasteiger partial charge is 0.373 e. The van der Waals surface area contributed by atoms with Crippen LogP contribution in [-0.2, 0) is 37.8 Å². The highest BCUT2D eigenvalue weighted by Gasteiger charge is 2.42. The van der Waals surface area contributed by atoms with Crippen molar-refractivity contribution in [2.75, 3.05) is 60.2 Å². The molecule has 3 heterocycles. The number of carbonyl (C=O) groups is 1. The minimum Gasteiger partial charge on any atom is -0.373 e. The van der Waals surface area contributed by atoms with Gasteiger partial charge in [0.05, 0.1) is 42.7 Å². The fourth-order valence-electron chi connectivity index (χ4n) is 6.42. The largest absolute Gasteiger partial charge is 0.416 e. The van der Waals surface area contributed by atoms with Crippen LogP contribution in [-0.4, -0.2) is 104 Å². The molecule has 2 N–H and O–H groups in total. The number of hydrogen-bond donors (Lipinski definition) is 2. The molecule has 2 fully saturated rings. The van der Waals surface area contributed by atoms with E-state index in [1.807, 2.05) is 47.2 Å². The third kappa shape index (κ3) is 8.54. The molecule has 2 saturated heterocycles. The number of amides is 1. The molecule has 10 nitrogen and oxygen atoms in total. The van der Waals surface area contributed by atoms with Gasteiger partial charge in [0.1, 0.15) is 12.0 Å². The van der Waals surface area contributed by atoms with Crippen LogP contribution in [0, 0.1) is 0 Å². The van der Waals surface area contributed by atoms with E-state index in [-0.39, 0.29) is 38.5 Å². The number of fused-ring (bicyclic) bond motifs is 1. The molecule has 50 heavy (non-hydrogen) atoms. The highest BCUT2D eigenvalue weighted by molar-refractivity contribution is 5.95. The summed E-state index contributed by atoms with van der Waals surface area (Å²) < 4.78 is 98.6. The number of halogens is 6. The number of aromatic amines is 1. The van der Waals surface area contributed by atoms with Crippen LogP contribution in [0.2, 0.25) is 0 Å². The average Bonchev–Trinajstić information content (AvgIpc) is 3.48. The van der Waals surface area contributed by atoms with E-state index in [1.165, 1.54) is 4.90 Å². The molecule has 2 aromatic carbocycles. The SMILES string of the molecule is CO[C@@H]1COC[C@@](C)(OC)N1CCONC(C)=CN1CCN(C(=O)c2cc(C(F)(F)F)cc(C(F)(F)F)c2)[C@H](Cc2c[nH]c3ccccc23)C1. The van der Waals surface area contributed by atoms with E-state index in [9.17, 15) is 31.1 Å². The number of hydrogen-bond acceptors (Lipinski definition) is 8. The van der Waals surface area contributed by atoms with E-state index in [2.05, 4.69) is 10.5 Å². The van der Waals surface area contributed by atoms with Crippen LogP contribution in [0.25, 0.3) is 10.9 Å². The predicted octanol–water partition coefficient (Wildman–Crippen LogP) is 5.62. The number of benzene rings is 2. The van der Waals surface area contributed by atoms with Crippen LogP contribution in [0.5, 0.6) is 0 Å². The molecule has 3 aromatic rings. The molecule has 3 atom stereocenters. The zero-order chi connectivity index (χ0) is 36.3. The van der Waals surface area contributed by atoms with Crippen molar-refractivity contribution in [2.24, 2.45) is 0 Å². The van der Waals surface area contributed by atoms with Crippen molar-refractivity contribution in [1.29, 1.82) is 0 Å². The third-order valence-corrected chi connectivity index (χ3v) is 9.08. The molecule has 1 aromatic heterocycles. The average molecular weight is 714 g/mol. The topological polar surface area (TPSA) is 91.5 Å². The number of H-pyrrole nitrogens is 1. The summed E-state index contributed by atoms with van der Waals surface area (Å²) in [6.45, 7) is 5.75. The Morgan fingerprint density at radius 1 is 1.08 bits per heavy atom. The number of piperazine rings is 1. The Labute approximate surface area is 285 Å². The number of allylic oxidation sites excluding steroid dienone is 1. The van der Waals surface area contributed by atoms with Gasteiger partial charge in [-0.1, -0.05) is 18.2 Å². The van der Waals surface area contributed by atoms with Gasteiger partial charge in [-0.2, -0.15) is 26.3 Å². The summed E-state index contributed by atoms with van der Waals surface area (Å²) in [5.41, 5.74) is 0.820. The number of para-hydroxylation sites is 1. The molecule has 16 heteroatoms. The second-order valence-corrected chi connectivity index (χ2v) is 12.5. The third-order valence-electron chi connectivity index (χ3n) is 9.08. The van der Waals surface area contributed by atoms with Crippen molar-refractivity contribution in [3.8, 4) is 0 Å². The van der Waals surface area contributed by atoms with Crippen molar-refractivity contribution in [3.63, 3.8) is 0 Å². The number of alkyl halides is 6. The van der Waals surface area contributed by atoms with Gasteiger partial charge in [-0.25, -0.2) is 4.90 Å². The highest BCUT2D eigenvalue weighted by atomic mass is 19.4. The van der Waals surface area contributed by atoms with Crippen LogP contribution in [0.1, 0.15) is 40.9 Å². The molecule has 0 unspecified atom stereocenters. The Morgan fingerprint density at radius 3 is 2.44 bits per heavy atom. The van der Waals surface area contributed by atoms with Crippen LogP contribution in [0.3, 0.4) is 0 Å². The number of ether oxygens (including phenoxy) is 3. The molecule has 1 amide bonds. The molecule has 0 aliphatic carbocycles. The molecular weight excluding hydrogens is 672 g/mol. The number of hydroxylamine groups is 1. The standard InChI is InChI=1S/C34H41F6N5O5/c1-22(42-50-12-11-45-30(47-3)20-49-21-32(45,2)48-4)18-43-9-10-44(27(19-43)15-24-17-41-29-8-6-5-7-28(24)29)31(46)23-13-25(33(35,36)37)16-26(14-23)34(38,39)40/h5-8,13-14,16-18,27,30,41-42H,9-12,15,19-21H2,1-4H3/t27-,30-,32-/m1/s1.